The Balaban J connectivity index is 1.65. The van der Waals surface area contributed by atoms with E-state index in [4.69, 9.17) is 9.16 Å². The molecule has 0 spiro atoms. The first kappa shape index (κ1) is 26.1. The number of hydrogen-bond donors (Lipinski definition) is 0. The number of benzene rings is 1. The Morgan fingerprint density at radius 2 is 1.65 bits per heavy atom. The van der Waals surface area contributed by atoms with Gasteiger partial charge in [0.15, 0.2) is 8.32 Å². The molecule has 8 nitrogen and oxygen atoms in total. The van der Waals surface area contributed by atoms with Gasteiger partial charge in [0.1, 0.15) is 5.82 Å². The number of rotatable bonds is 9. The van der Waals surface area contributed by atoms with Gasteiger partial charge in [0.25, 0.3) is 5.88 Å². The van der Waals surface area contributed by atoms with Crippen LogP contribution >= 0.6 is 0 Å². The molecule has 0 N–H and O–H groups in total. The van der Waals surface area contributed by atoms with Gasteiger partial charge in [-0.3, -0.25) is 10.1 Å². The number of aryl methyl sites for hydroxylation is 1. The third kappa shape index (κ3) is 6.32. The smallest absolute Gasteiger partial charge is 0.372 e. The highest BCUT2D eigenvalue weighted by molar-refractivity contribution is 6.74. The van der Waals surface area contributed by atoms with Crippen molar-refractivity contribution in [1.29, 1.82) is 0 Å². The van der Waals surface area contributed by atoms with Crippen LogP contribution in [0, 0.1) is 17.0 Å². The highest BCUT2D eigenvalue weighted by atomic mass is 28.4. The fourth-order valence-corrected chi connectivity index (χ4v) is 4.89. The van der Waals surface area contributed by atoms with Crippen molar-refractivity contribution in [3.63, 3.8) is 0 Å². The Morgan fingerprint density at radius 3 is 2.21 bits per heavy atom. The molecule has 1 aliphatic rings. The summed E-state index contributed by atoms with van der Waals surface area (Å²) in [5.41, 5.74) is 2.43. The Bertz CT molecular complexity index is 980. The SMILES string of the molecule is Cc1nc(OCCCCO[Si](C)(C)C(C)(C)C)c([N+](=O)[O-])c(N2CCc3ccccc3CC2)n1. The van der Waals surface area contributed by atoms with Crippen LogP contribution in [0.2, 0.25) is 18.1 Å². The van der Waals surface area contributed by atoms with Crippen LogP contribution in [0.3, 0.4) is 0 Å². The van der Waals surface area contributed by atoms with Crippen molar-refractivity contribution < 1.29 is 14.1 Å². The average molecular weight is 487 g/mol. The standard InChI is InChI=1S/C25H38N4O4Si/c1-19-26-23(28-15-13-20-11-7-8-12-21(20)14-16-28)22(29(30)31)24(27-19)32-17-9-10-18-33-34(5,6)25(2,3)4/h7-8,11-12H,9-10,13-18H2,1-6H3. The van der Waals surface area contributed by atoms with Crippen LogP contribution in [0.5, 0.6) is 5.88 Å². The molecule has 0 unspecified atom stereocenters. The zero-order valence-electron chi connectivity index (χ0n) is 21.4. The molecule has 186 valence electrons. The van der Waals surface area contributed by atoms with Crippen LogP contribution in [0.25, 0.3) is 0 Å². The second-order valence-electron chi connectivity index (χ2n) is 10.4. The molecule has 2 heterocycles. The van der Waals surface area contributed by atoms with E-state index >= 15 is 0 Å². The maximum atomic E-state index is 12.0. The van der Waals surface area contributed by atoms with Gasteiger partial charge in [-0.15, -0.1) is 0 Å². The van der Waals surface area contributed by atoms with E-state index in [-0.39, 0.29) is 16.6 Å². The Labute approximate surface area is 204 Å². The zero-order valence-corrected chi connectivity index (χ0v) is 22.4. The monoisotopic (exact) mass is 486 g/mol. The molecule has 2 aromatic rings. The van der Waals surface area contributed by atoms with Gasteiger partial charge in [0.05, 0.1) is 11.5 Å². The summed E-state index contributed by atoms with van der Waals surface area (Å²) < 4.78 is 12.0. The Hall–Kier alpha value is -2.52. The molecule has 3 rings (SSSR count). The van der Waals surface area contributed by atoms with E-state index in [1.807, 2.05) is 17.0 Å². The summed E-state index contributed by atoms with van der Waals surface area (Å²) in [4.78, 5) is 22.4. The Kier molecular flexibility index (Phi) is 8.30. The van der Waals surface area contributed by atoms with E-state index < -0.39 is 13.2 Å². The largest absolute Gasteiger partial charge is 0.473 e. The van der Waals surface area contributed by atoms with Crippen molar-refractivity contribution in [1.82, 2.24) is 9.97 Å². The van der Waals surface area contributed by atoms with E-state index in [0.717, 1.165) is 25.7 Å². The summed E-state index contributed by atoms with van der Waals surface area (Å²) in [5, 5.41) is 12.2. The number of fused-ring (bicyclic) bond motifs is 1. The average Bonchev–Trinajstić information content (AvgIpc) is 2.97. The summed E-state index contributed by atoms with van der Waals surface area (Å²) in [6.07, 6.45) is 3.21. The summed E-state index contributed by atoms with van der Waals surface area (Å²) in [6.45, 7) is 15.2. The fraction of sp³-hybridized carbons (Fsp3) is 0.600. The lowest BCUT2D eigenvalue weighted by molar-refractivity contribution is -0.385. The molecule has 1 aromatic heterocycles. The first-order valence-electron chi connectivity index (χ1n) is 12.1. The van der Waals surface area contributed by atoms with Gasteiger partial charge in [-0.2, -0.15) is 4.98 Å². The molecule has 1 aliphatic heterocycles. The summed E-state index contributed by atoms with van der Waals surface area (Å²) in [6, 6.07) is 8.33. The van der Waals surface area contributed by atoms with E-state index in [1.54, 1.807) is 6.92 Å². The number of aromatic nitrogens is 2. The predicted octanol–water partition coefficient (Wildman–Crippen LogP) is 5.48. The van der Waals surface area contributed by atoms with Crippen LogP contribution in [-0.4, -0.2) is 49.5 Å². The van der Waals surface area contributed by atoms with Gasteiger partial charge in [0, 0.05) is 19.7 Å². The van der Waals surface area contributed by atoms with Crippen LogP contribution in [0.15, 0.2) is 24.3 Å². The number of ether oxygens (including phenoxy) is 1. The lowest BCUT2D eigenvalue weighted by Crippen LogP contribution is -2.41. The van der Waals surface area contributed by atoms with E-state index in [2.05, 4.69) is 56.0 Å². The minimum atomic E-state index is -1.77. The van der Waals surface area contributed by atoms with Gasteiger partial charge < -0.3 is 14.1 Å². The summed E-state index contributed by atoms with van der Waals surface area (Å²) in [7, 11) is -1.77. The molecule has 0 bridgehead atoms. The van der Waals surface area contributed by atoms with Crippen molar-refractivity contribution in [2.45, 2.75) is 71.5 Å². The molecule has 0 fully saturated rings. The predicted molar refractivity (Wildman–Crippen MR) is 137 cm³/mol. The number of unbranched alkanes of at least 4 members (excludes halogenated alkanes) is 1. The third-order valence-corrected chi connectivity index (χ3v) is 11.4. The third-order valence-electron chi connectivity index (χ3n) is 6.89. The topological polar surface area (TPSA) is 90.6 Å². The molecule has 0 aliphatic carbocycles. The maximum absolute atomic E-state index is 12.0. The van der Waals surface area contributed by atoms with Gasteiger partial charge in [0.2, 0.25) is 5.82 Å². The van der Waals surface area contributed by atoms with Crippen LogP contribution in [0.4, 0.5) is 11.5 Å². The molecule has 0 radical (unpaired) electrons. The Morgan fingerprint density at radius 1 is 1.06 bits per heavy atom. The van der Waals surface area contributed by atoms with Crippen LogP contribution in [0.1, 0.15) is 50.6 Å². The number of nitro groups is 1. The second kappa shape index (κ2) is 10.8. The normalized spacial score (nSPS) is 14.5. The maximum Gasteiger partial charge on any atom is 0.372 e. The van der Waals surface area contributed by atoms with Crippen molar-refractivity contribution >= 4 is 19.8 Å². The van der Waals surface area contributed by atoms with Crippen LogP contribution < -0.4 is 9.64 Å². The van der Waals surface area contributed by atoms with Crippen molar-refractivity contribution in [2.24, 2.45) is 0 Å². The molecule has 0 saturated carbocycles. The second-order valence-corrected chi connectivity index (χ2v) is 15.2. The van der Waals surface area contributed by atoms with Gasteiger partial charge in [-0.25, -0.2) is 4.98 Å². The molecule has 34 heavy (non-hydrogen) atoms. The van der Waals surface area contributed by atoms with Crippen molar-refractivity contribution in [2.75, 3.05) is 31.2 Å². The van der Waals surface area contributed by atoms with Crippen molar-refractivity contribution in [3.05, 3.63) is 51.3 Å². The minimum Gasteiger partial charge on any atom is -0.473 e. The summed E-state index contributed by atoms with van der Waals surface area (Å²) in [5.74, 6) is 0.875. The fourth-order valence-electron chi connectivity index (χ4n) is 3.80. The lowest BCUT2D eigenvalue weighted by atomic mass is 10.0. The van der Waals surface area contributed by atoms with Gasteiger partial charge in [-0.05, 0) is 61.9 Å². The lowest BCUT2D eigenvalue weighted by Gasteiger charge is -2.36. The van der Waals surface area contributed by atoms with Gasteiger partial charge in [-0.1, -0.05) is 45.0 Å². The van der Waals surface area contributed by atoms with E-state index in [0.29, 0.717) is 37.9 Å². The first-order valence-corrected chi connectivity index (χ1v) is 15.0. The highest BCUT2D eigenvalue weighted by Crippen LogP contribution is 2.37. The summed E-state index contributed by atoms with van der Waals surface area (Å²) >= 11 is 0. The molecule has 0 saturated heterocycles. The van der Waals surface area contributed by atoms with E-state index in [1.165, 1.54) is 11.1 Å². The number of hydrogen-bond acceptors (Lipinski definition) is 7. The zero-order chi connectivity index (χ0) is 24.9. The molecule has 0 amide bonds. The molecule has 9 heteroatoms. The quantitative estimate of drug-likeness (QED) is 0.201. The molecule has 1 aromatic carbocycles. The molecular formula is C25H38N4O4Si. The van der Waals surface area contributed by atoms with Gasteiger partial charge >= 0.3 is 5.69 Å². The van der Waals surface area contributed by atoms with Crippen LogP contribution in [-0.2, 0) is 17.3 Å². The highest BCUT2D eigenvalue weighted by Gasteiger charge is 2.36. The van der Waals surface area contributed by atoms with E-state index in [9.17, 15) is 10.1 Å². The molecule has 0 atom stereocenters. The minimum absolute atomic E-state index is 0.0552. The first-order chi connectivity index (χ1) is 16.0. The number of anilines is 1. The molecular weight excluding hydrogens is 448 g/mol. The number of nitrogens with zero attached hydrogens (tertiary/aromatic N) is 4. The van der Waals surface area contributed by atoms with Crippen molar-refractivity contribution in [3.8, 4) is 5.88 Å².